The first-order chi connectivity index (χ1) is 9.51. The molecular formula is C13H23FN4O2. The lowest BCUT2D eigenvalue weighted by molar-refractivity contribution is -0.0295. The van der Waals surface area contributed by atoms with Gasteiger partial charge in [-0.2, -0.15) is 0 Å². The Morgan fingerprint density at radius 1 is 1.40 bits per heavy atom. The lowest BCUT2D eigenvalue weighted by Gasteiger charge is -2.45. The van der Waals surface area contributed by atoms with Gasteiger partial charge in [0.2, 0.25) is 0 Å². The summed E-state index contributed by atoms with van der Waals surface area (Å²) in [6.45, 7) is 3.14. The van der Waals surface area contributed by atoms with Gasteiger partial charge in [0, 0.05) is 52.1 Å². The Morgan fingerprint density at radius 3 is 2.65 bits per heavy atom. The predicted octanol–water partition coefficient (Wildman–Crippen LogP) is -0.460. The van der Waals surface area contributed by atoms with Crippen LogP contribution in [0.4, 0.5) is 9.18 Å². The third-order valence-corrected chi connectivity index (χ3v) is 4.80. The summed E-state index contributed by atoms with van der Waals surface area (Å²) >= 11 is 0. The first kappa shape index (κ1) is 14.0. The van der Waals surface area contributed by atoms with E-state index in [4.69, 9.17) is 10.5 Å². The van der Waals surface area contributed by atoms with Crippen molar-refractivity contribution in [2.75, 3.05) is 39.8 Å². The standard InChI is InChI=1S/C13H23FN4O2/c1-17-8-13(20-12(17)19)2-4-18(5-3-13)11-9(14)6-16-7-10(11)15/h9-11,16H,2-8,15H2,1H3. The van der Waals surface area contributed by atoms with Crippen LogP contribution in [-0.2, 0) is 4.74 Å². The molecule has 3 fully saturated rings. The molecule has 1 spiro atoms. The number of hydrogen-bond donors (Lipinski definition) is 2. The fraction of sp³-hybridized carbons (Fsp3) is 0.923. The summed E-state index contributed by atoms with van der Waals surface area (Å²) in [7, 11) is 1.75. The summed E-state index contributed by atoms with van der Waals surface area (Å²) in [6.07, 6.45) is 0.334. The second kappa shape index (κ2) is 5.13. The zero-order chi connectivity index (χ0) is 14.3. The molecule has 3 aliphatic heterocycles. The highest BCUT2D eigenvalue weighted by Gasteiger charge is 2.48. The van der Waals surface area contributed by atoms with E-state index < -0.39 is 6.17 Å². The second-order valence-corrected chi connectivity index (χ2v) is 6.27. The summed E-state index contributed by atoms with van der Waals surface area (Å²) in [5.74, 6) is 0. The Balaban J connectivity index is 1.62. The Morgan fingerprint density at radius 2 is 2.10 bits per heavy atom. The minimum atomic E-state index is -0.929. The van der Waals surface area contributed by atoms with Gasteiger partial charge in [0.25, 0.3) is 0 Å². The third-order valence-electron chi connectivity index (χ3n) is 4.80. The molecule has 0 radical (unpaired) electrons. The number of piperidine rings is 2. The van der Waals surface area contributed by atoms with Gasteiger partial charge >= 0.3 is 6.09 Å². The van der Waals surface area contributed by atoms with Crippen LogP contribution >= 0.6 is 0 Å². The summed E-state index contributed by atoms with van der Waals surface area (Å²) in [4.78, 5) is 15.3. The Bertz CT molecular complexity index is 377. The van der Waals surface area contributed by atoms with E-state index in [-0.39, 0.29) is 23.8 Å². The molecule has 0 aliphatic carbocycles. The SMILES string of the molecule is CN1CC2(CCN(C3C(N)CNCC3F)CC2)OC1=O. The molecule has 3 rings (SSSR count). The van der Waals surface area contributed by atoms with E-state index in [0.29, 0.717) is 19.6 Å². The number of amides is 1. The minimum Gasteiger partial charge on any atom is -0.441 e. The fourth-order valence-electron chi connectivity index (χ4n) is 3.68. The average molecular weight is 286 g/mol. The van der Waals surface area contributed by atoms with E-state index >= 15 is 0 Å². The van der Waals surface area contributed by atoms with Crippen molar-refractivity contribution < 1.29 is 13.9 Å². The van der Waals surface area contributed by atoms with Gasteiger partial charge in [-0.05, 0) is 0 Å². The molecule has 3 heterocycles. The van der Waals surface area contributed by atoms with Gasteiger partial charge in [0.1, 0.15) is 11.8 Å². The number of hydrogen-bond acceptors (Lipinski definition) is 5. The molecule has 1 amide bonds. The van der Waals surface area contributed by atoms with E-state index in [1.807, 2.05) is 0 Å². The number of likely N-dealkylation sites (N-methyl/N-ethyl adjacent to an activating group) is 1. The lowest BCUT2D eigenvalue weighted by atomic mass is 9.88. The highest BCUT2D eigenvalue weighted by atomic mass is 19.1. The summed E-state index contributed by atoms with van der Waals surface area (Å²) in [6, 6.07) is -0.398. The molecular weight excluding hydrogens is 263 g/mol. The highest BCUT2D eigenvalue weighted by molar-refractivity contribution is 5.70. The number of likely N-dealkylation sites (tertiary alicyclic amines) is 1. The molecule has 114 valence electrons. The van der Waals surface area contributed by atoms with Crippen molar-refractivity contribution in [1.29, 1.82) is 0 Å². The molecule has 3 unspecified atom stereocenters. The molecule has 3 atom stereocenters. The zero-order valence-corrected chi connectivity index (χ0v) is 11.8. The first-order valence-corrected chi connectivity index (χ1v) is 7.29. The van der Waals surface area contributed by atoms with Gasteiger partial charge in [0.15, 0.2) is 0 Å². The van der Waals surface area contributed by atoms with Crippen LogP contribution in [0, 0.1) is 0 Å². The number of nitrogens with one attached hydrogen (secondary N) is 1. The van der Waals surface area contributed by atoms with E-state index in [1.165, 1.54) is 0 Å². The van der Waals surface area contributed by atoms with Gasteiger partial charge in [-0.15, -0.1) is 0 Å². The summed E-state index contributed by atoms with van der Waals surface area (Å²) < 4.78 is 19.6. The molecule has 0 saturated carbocycles. The number of carbonyl (C=O) groups excluding carboxylic acids is 1. The maximum absolute atomic E-state index is 14.1. The largest absolute Gasteiger partial charge is 0.441 e. The Hall–Kier alpha value is -0.920. The smallest absolute Gasteiger partial charge is 0.410 e. The van der Waals surface area contributed by atoms with Crippen molar-refractivity contribution >= 4 is 6.09 Å². The topological polar surface area (TPSA) is 70.8 Å². The van der Waals surface area contributed by atoms with Crippen molar-refractivity contribution in [3.8, 4) is 0 Å². The van der Waals surface area contributed by atoms with Gasteiger partial charge in [-0.25, -0.2) is 9.18 Å². The van der Waals surface area contributed by atoms with Crippen molar-refractivity contribution in [3.63, 3.8) is 0 Å². The molecule has 0 aromatic carbocycles. The molecule has 3 saturated heterocycles. The molecule has 0 bridgehead atoms. The van der Waals surface area contributed by atoms with Crippen LogP contribution in [0.1, 0.15) is 12.8 Å². The maximum Gasteiger partial charge on any atom is 0.410 e. The van der Waals surface area contributed by atoms with Crippen LogP contribution in [0.5, 0.6) is 0 Å². The summed E-state index contributed by atoms with van der Waals surface area (Å²) in [5, 5.41) is 3.01. The van der Waals surface area contributed by atoms with Crippen molar-refractivity contribution in [2.24, 2.45) is 5.73 Å². The van der Waals surface area contributed by atoms with Gasteiger partial charge in [-0.3, -0.25) is 4.90 Å². The number of rotatable bonds is 1. The van der Waals surface area contributed by atoms with E-state index in [0.717, 1.165) is 25.9 Å². The van der Waals surface area contributed by atoms with Crippen LogP contribution in [0.25, 0.3) is 0 Å². The van der Waals surface area contributed by atoms with E-state index in [9.17, 15) is 9.18 Å². The van der Waals surface area contributed by atoms with E-state index in [1.54, 1.807) is 11.9 Å². The zero-order valence-electron chi connectivity index (χ0n) is 11.8. The Labute approximate surface area is 118 Å². The van der Waals surface area contributed by atoms with Crippen LogP contribution in [0.3, 0.4) is 0 Å². The van der Waals surface area contributed by atoms with Crippen LogP contribution in [-0.4, -0.2) is 79.5 Å². The molecule has 3 aliphatic rings. The maximum atomic E-state index is 14.1. The predicted molar refractivity (Wildman–Crippen MR) is 72.2 cm³/mol. The lowest BCUT2D eigenvalue weighted by Crippen LogP contribution is -2.64. The fourth-order valence-corrected chi connectivity index (χ4v) is 3.68. The van der Waals surface area contributed by atoms with Crippen LogP contribution in [0.2, 0.25) is 0 Å². The summed E-state index contributed by atoms with van der Waals surface area (Å²) in [5.41, 5.74) is 5.68. The Kier molecular flexibility index (Phi) is 3.60. The molecule has 0 aromatic heterocycles. The second-order valence-electron chi connectivity index (χ2n) is 6.27. The molecule has 0 aromatic rings. The normalized spacial score (nSPS) is 38.2. The molecule has 3 N–H and O–H groups in total. The van der Waals surface area contributed by atoms with Gasteiger partial charge in [-0.1, -0.05) is 0 Å². The van der Waals surface area contributed by atoms with Crippen molar-refractivity contribution in [1.82, 2.24) is 15.1 Å². The minimum absolute atomic E-state index is 0.179. The number of carbonyl (C=O) groups is 1. The number of halogens is 1. The number of ether oxygens (including phenoxy) is 1. The van der Waals surface area contributed by atoms with Crippen molar-refractivity contribution in [2.45, 2.75) is 36.7 Å². The number of nitrogens with two attached hydrogens (primary N) is 1. The highest BCUT2D eigenvalue weighted by Crippen LogP contribution is 2.34. The van der Waals surface area contributed by atoms with Crippen molar-refractivity contribution in [3.05, 3.63) is 0 Å². The van der Waals surface area contributed by atoms with Gasteiger partial charge < -0.3 is 20.7 Å². The third kappa shape index (κ3) is 2.38. The molecule has 20 heavy (non-hydrogen) atoms. The van der Waals surface area contributed by atoms with Crippen LogP contribution < -0.4 is 11.1 Å². The quantitative estimate of drug-likeness (QED) is 0.682. The molecule has 6 nitrogen and oxygen atoms in total. The first-order valence-electron chi connectivity index (χ1n) is 7.29. The monoisotopic (exact) mass is 286 g/mol. The van der Waals surface area contributed by atoms with E-state index in [2.05, 4.69) is 10.2 Å². The van der Waals surface area contributed by atoms with Gasteiger partial charge in [0.05, 0.1) is 12.6 Å². The number of nitrogens with zero attached hydrogens (tertiary/aromatic N) is 2. The average Bonchev–Trinajstić information content (AvgIpc) is 2.67. The molecule has 7 heteroatoms. The van der Waals surface area contributed by atoms with Crippen LogP contribution in [0.15, 0.2) is 0 Å². The number of alkyl halides is 1.